The maximum absolute atomic E-state index is 16.3. The monoisotopic (exact) mass is 920 g/mol. The molecule has 0 radical (unpaired) electrons. The molecule has 0 aliphatic carbocycles. The van der Waals surface area contributed by atoms with Gasteiger partial charge in [-0.3, -0.25) is 37.5 Å². The predicted octanol–water partition coefficient (Wildman–Crippen LogP) is 7.57. The molecule has 13 nitrogen and oxygen atoms in total. The smallest absolute Gasteiger partial charge is 0.340 e. The van der Waals surface area contributed by atoms with Gasteiger partial charge in [-0.1, -0.05) is 57.3 Å². The fourth-order valence-corrected chi connectivity index (χ4v) is 13.1. The van der Waals surface area contributed by atoms with E-state index in [1.165, 1.54) is 18.4 Å². The molecule has 59 heavy (non-hydrogen) atoms. The number of hydrogen-bond acceptors (Lipinski definition) is 13. The van der Waals surface area contributed by atoms with Gasteiger partial charge in [0.1, 0.15) is 12.1 Å². The number of thiophene rings is 1. The highest BCUT2D eigenvalue weighted by atomic mass is 32.2. The Hall–Kier alpha value is -2.41. The van der Waals surface area contributed by atoms with E-state index in [2.05, 4.69) is 5.32 Å². The van der Waals surface area contributed by atoms with Crippen LogP contribution < -0.4 is 5.32 Å². The van der Waals surface area contributed by atoms with Crippen LogP contribution in [0.4, 0.5) is 8.78 Å². The molecule has 3 unspecified atom stereocenters. The zero-order valence-corrected chi connectivity index (χ0v) is 38.2. The molecule has 0 spiro atoms. The number of thioether (sulfide) groups is 2. The summed E-state index contributed by atoms with van der Waals surface area (Å²) < 4.78 is 77.4. The molecule has 2 aromatic rings. The molecule has 3 aliphatic rings. The van der Waals surface area contributed by atoms with E-state index in [0.717, 1.165) is 47.0 Å². The first kappa shape index (κ1) is 47.6. The molecule has 1 aromatic heterocycles. The van der Waals surface area contributed by atoms with Crippen LogP contribution in [0.15, 0.2) is 24.3 Å². The molecule has 4 heterocycles. The summed E-state index contributed by atoms with van der Waals surface area (Å²) >= 11 is 2.84. The van der Waals surface area contributed by atoms with Crippen LogP contribution in [-0.4, -0.2) is 110 Å². The first-order valence-electron chi connectivity index (χ1n) is 19.9. The van der Waals surface area contributed by atoms with E-state index >= 15 is 8.78 Å². The van der Waals surface area contributed by atoms with Crippen molar-refractivity contribution in [1.29, 1.82) is 4.78 Å². The Morgan fingerprint density at radius 2 is 1.59 bits per heavy atom. The van der Waals surface area contributed by atoms with Crippen LogP contribution in [0.2, 0.25) is 0 Å². The number of nitrogens with zero attached hydrogens (tertiary/aromatic N) is 2. The van der Waals surface area contributed by atoms with E-state index < -0.39 is 59.8 Å². The number of amides is 3. The fourth-order valence-electron chi connectivity index (χ4n) is 7.59. The number of nitrogens with one attached hydrogen (secondary N) is 2. The molecule has 328 valence electrons. The quantitative estimate of drug-likeness (QED) is 0.105. The lowest BCUT2D eigenvalue weighted by Gasteiger charge is -2.42. The van der Waals surface area contributed by atoms with Gasteiger partial charge in [-0.05, 0) is 67.5 Å². The Morgan fingerprint density at radius 1 is 0.983 bits per heavy atom. The minimum atomic E-state index is -5.23. The SMILES string of the molecule is CC(C)CC(=O)SCCOP(=O)(OCCSC(=O)CC(C)C)C(F)(F)c1ccc2sc(C(=O)NC3CCC[C@H]4CCC(C(=O)N5CC(CS(C)(=N)=O)C5)N4C3=O)cc2c1. The average molecular weight is 921 g/mol. The minimum absolute atomic E-state index is 0.0177. The van der Waals surface area contributed by atoms with E-state index in [1.54, 1.807) is 9.80 Å². The molecule has 2 N–H and O–H groups in total. The van der Waals surface area contributed by atoms with Crippen LogP contribution in [0.5, 0.6) is 0 Å². The predicted molar refractivity (Wildman–Crippen MR) is 230 cm³/mol. The van der Waals surface area contributed by atoms with Gasteiger partial charge in [0.2, 0.25) is 11.8 Å². The number of fused-ring (bicyclic) bond motifs is 2. The number of halogens is 2. The van der Waals surface area contributed by atoms with Crippen molar-refractivity contribution in [3.8, 4) is 0 Å². The highest BCUT2D eigenvalue weighted by molar-refractivity contribution is 8.13. The van der Waals surface area contributed by atoms with Crippen LogP contribution in [0, 0.1) is 22.5 Å². The van der Waals surface area contributed by atoms with Gasteiger partial charge >= 0.3 is 13.3 Å². The summed E-state index contributed by atoms with van der Waals surface area (Å²) in [5.41, 5.74) is -4.81. The zero-order chi connectivity index (χ0) is 43.3. The number of carbonyl (C=O) groups is 5. The Kier molecular flexibility index (Phi) is 16.3. The normalized spacial score (nSPS) is 21.4. The lowest BCUT2D eigenvalue weighted by Crippen LogP contribution is -2.60. The molecular weight excluding hydrogens is 866 g/mol. The number of likely N-dealkylation sites (tertiary alicyclic amines) is 1. The minimum Gasteiger partial charge on any atom is -0.340 e. The van der Waals surface area contributed by atoms with Gasteiger partial charge in [0.05, 0.1) is 18.1 Å². The highest BCUT2D eigenvalue weighted by Gasteiger charge is 2.55. The van der Waals surface area contributed by atoms with Gasteiger partial charge in [0.15, 0.2) is 10.2 Å². The van der Waals surface area contributed by atoms with Crippen LogP contribution in [-0.2, 0) is 48.2 Å². The Bertz CT molecular complexity index is 2010. The van der Waals surface area contributed by atoms with Crippen molar-refractivity contribution >= 4 is 90.2 Å². The number of alkyl halides is 2. The van der Waals surface area contributed by atoms with Crippen molar-refractivity contribution in [3.63, 3.8) is 0 Å². The molecule has 3 fully saturated rings. The zero-order valence-electron chi connectivity index (χ0n) is 34.1. The van der Waals surface area contributed by atoms with Crippen LogP contribution in [0.25, 0.3) is 10.1 Å². The lowest BCUT2D eigenvalue weighted by molar-refractivity contribution is -0.149. The largest absolute Gasteiger partial charge is 0.404 e. The second-order valence-electron chi connectivity index (χ2n) is 16.4. The summed E-state index contributed by atoms with van der Waals surface area (Å²) in [4.78, 5) is 68.9. The maximum Gasteiger partial charge on any atom is 0.404 e. The van der Waals surface area contributed by atoms with Crippen molar-refractivity contribution in [3.05, 3.63) is 34.7 Å². The Morgan fingerprint density at radius 3 is 2.17 bits per heavy atom. The number of rotatable bonds is 19. The van der Waals surface area contributed by atoms with E-state index in [1.807, 2.05) is 27.7 Å². The van der Waals surface area contributed by atoms with E-state index in [4.69, 9.17) is 13.8 Å². The standard InChI is InChI=1S/C39H55F2N4O9PS4/c1-24(2)17-34(46)56-15-13-53-55(51,54-14-16-57-35(47)18-25(3)4)39(40,41)28-9-12-32-27(19-28)20-33(58-32)36(48)43-30-8-6-7-29-10-11-31(45(29)37(30)49)38(50)44-21-26(22-44)23-59(5,42)52/h9,12,19-20,24-26,29-31,42H,6-8,10-11,13-18,21-23H2,1-5H3,(H,43,48)/t29-,30?,31?,59?/m0/s1. The second-order valence-corrected chi connectivity index (χ2v) is 24.2. The van der Waals surface area contributed by atoms with Gasteiger partial charge in [-0.15, -0.1) is 11.3 Å². The third-order valence-electron chi connectivity index (χ3n) is 10.3. The molecule has 3 saturated heterocycles. The van der Waals surface area contributed by atoms with E-state index in [9.17, 15) is 32.7 Å². The topological polar surface area (TPSA) is 180 Å². The summed E-state index contributed by atoms with van der Waals surface area (Å²) in [6.45, 7) is 7.39. The molecule has 0 bridgehead atoms. The molecule has 3 amide bonds. The van der Waals surface area contributed by atoms with Crippen molar-refractivity contribution in [1.82, 2.24) is 15.1 Å². The van der Waals surface area contributed by atoms with Gasteiger partial charge in [-0.2, -0.15) is 8.78 Å². The van der Waals surface area contributed by atoms with Crippen molar-refractivity contribution in [2.45, 2.75) is 96.4 Å². The third-order valence-corrected chi connectivity index (χ3v) is 16.2. The molecule has 4 atom stereocenters. The summed E-state index contributed by atoms with van der Waals surface area (Å²) in [6.07, 6.45) is 4.81. The van der Waals surface area contributed by atoms with Crippen molar-refractivity contribution < 1.29 is 50.6 Å². The fraction of sp³-hybridized carbons (Fsp3) is 0.667. The molecule has 1 aromatic carbocycles. The Labute approximate surface area is 357 Å². The van der Waals surface area contributed by atoms with Gasteiger partial charge in [0.25, 0.3) is 5.91 Å². The second kappa shape index (κ2) is 20.2. The number of hydrogen-bond donors (Lipinski definition) is 2. The molecule has 3 aliphatic heterocycles. The van der Waals surface area contributed by atoms with Gasteiger partial charge in [0, 0.05) is 81.4 Å². The molecular formula is C39H55F2N4O9PS4. The summed E-state index contributed by atoms with van der Waals surface area (Å²) in [5, 5.41) is 2.80. The summed E-state index contributed by atoms with van der Waals surface area (Å²) in [7, 11) is -7.91. The average Bonchev–Trinajstić information content (AvgIpc) is 3.72. The number of benzene rings is 1. The summed E-state index contributed by atoms with van der Waals surface area (Å²) in [6, 6.07) is 3.32. The molecule has 5 rings (SSSR count). The van der Waals surface area contributed by atoms with Crippen molar-refractivity contribution in [2.24, 2.45) is 17.8 Å². The maximum atomic E-state index is 16.3. The third kappa shape index (κ3) is 12.4. The Balaban J connectivity index is 1.27. The van der Waals surface area contributed by atoms with E-state index in [0.29, 0.717) is 49.9 Å². The van der Waals surface area contributed by atoms with Gasteiger partial charge < -0.3 is 24.2 Å². The van der Waals surface area contributed by atoms with Gasteiger partial charge in [-0.25, -0.2) is 0 Å². The van der Waals surface area contributed by atoms with Crippen LogP contribution >= 0.6 is 42.5 Å². The first-order valence-corrected chi connectivity index (χ1v) is 26.4. The number of carbonyl (C=O) groups excluding carboxylic acids is 5. The van der Waals surface area contributed by atoms with Crippen LogP contribution in [0.3, 0.4) is 0 Å². The molecule has 20 heteroatoms. The first-order chi connectivity index (χ1) is 27.7. The van der Waals surface area contributed by atoms with Crippen LogP contribution in [0.1, 0.15) is 87.9 Å². The lowest BCUT2D eigenvalue weighted by atomic mass is 10.00. The van der Waals surface area contributed by atoms with Crippen molar-refractivity contribution in [2.75, 3.05) is 49.8 Å². The summed E-state index contributed by atoms with van der Waals surface area (Å²) in [5.74, 6) is -0.726. The highest BCUT2D eigenvalue weighted by Crippen LogP contribution is 2.67. The van der Waals surface area contributed by atoms with E-state index in [-0.39, 0.29) is 86.2 Å². The molecule has 0 saturated carbocycles.